The number of nitrogens with one attached hydrogen (secondary N) is 1. The maximum Gasteiger partial charge on any atom is 0.341 e. The molecule has 4 aromatic rings. The quantitative estimate of drug-likeness (QED) is 0.399. The third kappa shape index (κ3) is 4.23. The third-order valence-corrected chi connectivity index (χ3v) is 6.84. The van der Waals surface area contributed by atoms with E-state index in [1.807, 2.05) is 19.9 Å². The Hall–Kier alpha value is -3.24. The van der Waals surface area contributed by atoms with E-state index in [1.54, 1.807) is 24.4 Å². The Labute approximate surface area is 191 Å². The Morgan fingerprint density at radius 1 is 1.28 bits per heavy atom. The second kappa shape index (κ2) is 9.09. The number of hydrogen-bond donors (Lipinski definition) is 1. The van der Waals surface area contributed by atoms with Crippen molar-refractivity contribution in [1.82, 2.24) is 9.55 Å². The van der Waals surface area contributed by atoms with Crippen LogP contribution in [-0.2, 0) is 22.5 Å². The van der Waals surface area contributed by atoms with Gasteiger partial charge in [0.15, 0.2) is 0 Å². The van der Waals surface area contributed by atoms with Gasteiger partial charge in [-0.15, -0.1) is 22.7 Å². The summed E-state index contributed by atoms with van der Waals surface area (Å²) in [5.41, 5.74) is 0.498. The summed E-state index contributed by atoms with van der Waals surface area (Å²) in [5.74, 6) is 0.207. The highest BCUT2D eigenvalue weighted by atomic mass is 32.1. The maximum atomic E-state index is 12.8. The SMILES string of the molecule is CCOC(=O)c1c(-c2ccc(C)o2)csc1NC(=O)Cn1cnc2sc(CC)cc2c1=O. The van der Waals surface area contributed by atoms with Crippen molar-refractivity contribution < 1.29 is 18.7 Å². The van der Waals surface area contributed by atoms with Gasteiger partial charge in [0.25, 0.3) is 5.56 Å². The topological polar surface area (TPSA) is 103 Å². The van der Waals surface area contributed by atoms with Crippen molar-refractivity contribution in [3.8, 4) is 11.3 Å². The van der Waals surface area contributed by atoms with Crippen LogP contribution in [0.4, 0.5) is 5.00 Å². The van der Waals surface area contributed by atoms with Crippen LogP contribution in [0.3, 0.4) is 0 Å². The summed E-state index contributed by atoms with van der Waals surface area (Å²) in [5, 5.41) is 5.31. The van der Waals surface area contributed by atoms with E-state index in [0.717, 1.165) is 11.3 Å². The fourth-order valence-electron chi connectivity index (χ4n) is 3.23. The number of carbonyl (C=O) groups is 2. The lowest BCUT2D eigenvalue weighted by Crippen LogP contribution is -2.27. The summed E-state index contributed by atoms with van der Waals surface area (Å²) in [6.45, 7) is 5.50. The first-order chi connectivity index (χ1) is 15.4. The second-order valence-corrected chi connectivity index (χ2v) is 8.99. The van der Waals surface area contributed by atoms with Crippen molar-refractivity contribution in [3.05, 3.63) is 56.5 Å². The van der Waals surface area contributed by atoms with Crippen LogP contribution < -0.4 is 10.9 Å². The molecule has 0 radical (unpaired) electrons. The van der Waals surface area contributed by atoms with Gasteiger partial charge in [-0.05, 0) is 38.5 Å². The molecule has 8 nitrogen and oxygen atoms in total. The number of fused-ring (bicyclic) bond motifs is 1. The van der Waals surface area contributed by atoms with Crippen LogP contribution >= 0.6 is 22.7 Å². The molecule has 0 unspecified atom stereocenters. The summed E-state index contributed by atoms with van der Waals surface area (Å²) in [7, 11) is 0. The molecule has 0 aliphatic carbocycles. The van der Waals surface area contributed by atoms with Crippen LogP contribution in [0.2, 0.25) is 0 Å². The number of anilines is 1. The van der Waals surface area contributed by atoms with Crippen molar-refractivity contribution in [1.29, 1.82) is 0 Å². The van der Waals surface area contributed by atoms with Crippen molar-refractivity contribution in [2.45, 2.75) is 33.7 Å². The molecule has 0 fully saturated rings. The summed E-state index contributed by atoms with van der Waals surface area (Å²) in [4.78, 5) is 44.2. The Balaban J connectivity index is 1.61. The van der Waals surface area contributed by atoms with E-state index >= 15 is 0 Å². The molecule has 0 saturated heterocycles. The predicted octanol–water partition coefficient (Wildman–Crippen LogP) is 4.47. The third-order valence-electron chi connectivity index (χ3n) is 4.76. The highest BCUT2D eigenvalue weighted by Crippen LogP contribution is 2.37. The van der Waals surface area contributed by atoms with E-state index in [0.29, 0.717) is 32.3 Å². The number of nitrogens with zero attached hydrogens (tertiary/aromatic N) is 2. The molecule has 0 atom stereocenters. The van der Waals surface area contributed by atoms with Crippen molar-refractivity contribution in [3.63, 3.8) is 0 Å². The summed E-state index contributed by atoms with van der Waals surface area (Å²) >= 11 is 2.66. The standard InChI is InChI=1S/C22H21N3O5S2/c1-4-13-8-14-19(32-13)23-11-25(21(14)27)9-17(26)24-20-18(22(28)29-5-2)15(10-31-20)16-7-6-12(3)30-16/h6-8,10-11H,4-5,9H2,1-3H3,(H,24,26). The molecule has 0 aliphatic heterocycles. The molecule has 4 heterocycles. The lowest BCUT2D eigenvalue weighted by molar-refractivity contribution is -0.116. The van der Waals surface area contributed by atoms with Gasteiger partial charge >= 0.3 is 5.97 Å². The fourth-order valence-corrected chi connectivity index (χ4v) is 5.11. The molecular weight excluding hydrogens is 450 g/mol. The van der Waals surface area contributed by atoms with Crippen LogP contribution in [0.1, 0.15) is 34.8 Å². The molecule has 0 bridgehead atoms. The molecule has 1 amide bonds. The lowest BCUT2D eigenvalue weighted by atomic mass is 10.1. The van der Waals surface area contributed by atoms with Gasteiger partial charge in [-0.2, -0.15) is 0 Å². The highest BCUT2D eigenvalue weighted by Gasteiger charge is 2.24. The van der Waals surface area contributed by atoms with Crippen LogP contribution in [0.25, 0.3) is 21.5 Å². The number of aryl methyl sites for hydroxylation is 2. The molecule has 0 saturated carbocycles. The Morgan fingerprint density at radius 2 is 2.09 bits per heavy atom. The fraction of sp³-hybridized carbons (Fsp3) is 0.273. The predicted molar refractivity (Wildman–Crippen MR) is 125 cm³/mol. The number of amides is 1. The van der Waals surface area contributed by atoms with E-state index in [9.17, 15) is 14.4 Å². The summed E-state index contributed by atoms with van der Waals surface area (Å²) in [6.07, 6.45) is 2.19. The number of esters is 1. The van der Waals surface area contributed by atoms with Gasteiger partial charge in [-0.1, -0.05) is 6.92 Å². The van der Waals surface area contributed by atoms with Crippen LogP contribution in [0, 0.1) is 6.92 Å². The van der Waals surface area contributed by atoms with E-state index in [-0.39, 0.29) is 24.3 Å². The Bertz CT molecular complexity index is 1360. The molecule has 10 heteroatoms. The van der Waals surface area contributed by atoms with E-state index in [2.05, 4.69) is 10.3 Å². The minimum Gasteiger partial charge on any atom is -0.462 e. The van der Waals surface area contributed by atoms with E-state index in [4.69, 9.17) is 9.15 Å². The molecular formula is C22H21N3O5S2. The number of aromatic nitrogens is 2. The number of ether oxygens (including phenoxy) is 1. The van der Waals surface area contributed by atoms with E-state index < -0.39 is 11.9 Å². The number of rotatable bonds is 7. The van der Waals surface area contributed by atoms with Gasteiger partial charge in [0.1, 0.15) is 33.5 Å². The summed E-state index contributed by atoms with van der Waals surface area (Å²) < 4.78 is 12.1. The van der Waals surface area contributed by atoms with E-state index in [1.165, 1.54) is 33.6 Å². The molecule has 32 heavy (non-hydrogen) atoms. The van der Waals surface area contributed by atoms with Crippen LogP contribution in [0.15, 0.2) is 39.1 Å². The zero-order valence-corrected chi connectivity index (χ0v) is 19.4. The normalized spacial score (nSPS) is 11.1. The van der Waals surface area contributed by atoms with Crippen LogP contribution in [0.5, 0.6) is 0 Å². The Morgan fingerprint density at radius 3 is 2.78 bits per heavy atom. The molecule has 0 aromatic carbocycles. The first kappa shape index (κ1) is 22.0. The zero-order chi connectivity index (χ0) is 22.8. The molecule has 4 rings (SSSR count). The number of hydrogen-bond acceptors (Lipinski definition) is 8. The molecule has 166 valence electrons. The molecule has 1 N–H and O–H groups in total. The van der Waals surface area contributed by atoms with Gasteiger partial charge in [-0.25, -0.2) is 9.78 Å². The average Bonchev–Trinajstić information content (AvgIpc) is 3.48. The zero-order valence-electron chi connectivity index (χ0n) is 17.8. The summed E-state index contributed by atoms with van der Waals surface area (Å²) in [6, 6.07) is 5.38. The van der Waals surface area contributed by atoms with Gasteiger partial charge in [0.2, 0.25) is 5.91 Å². The highest BCUT2D eigenvalue weighted by molar-refractivity contribution is 7.18. The minimum absolute atomic E-state index is 0.195. The average molecular weight is 472 g/mol. The largest absolute Gasteiger partial charge is 0.462 e. The van der Waals surface area contributed by atoms with Gasteiger partial charge in [0, 0.05) is 15.8 Å². The number of furan rings is 1. The molecule has 4 aromatic heterocycles. The first-order valence-corrected chi connectivity index (χ1v) is 11.7. The number of thiophene rings is 2. The lowest BCUT2D eigenvalue weighted by Gasteiger charge is -2.09. The minimum atomic E-state index is -0.557. The Kier molecular flexibility index (Phi) is 6.24. The van der Waals surface area contributed by atoms with Crippen molar-refractivity contribution in [2.24, 2.45) is 0 Å². The van der Waals surface area contributed by atoms with Crippen LogP contribution in [-0.4, -0.2) is 28.0 Å². The monoisotopic (exact) mass is 471 g/mol. The number of carbonyl (C=O) groups excluding carboxylic acids is 2. The second-order valence-electron chi connectivity index (χ2n) is 7.00. The molecule has 0 aliphatic rings. The molecule has 0 spiro atoms. The van der Waals surface area contributed by atoms with Gasteiger partial charge < -0.3 is 14.5 Å². The van der Waals surface area contributed by atoms with Crippen molar-refractivity contribution in [2.75, 3.05) is 11.9 Å². The maximum absolute atomic E-state index is 12.8. The van der Waals surface area contributed by atoms with Gasteiger partial charge in [-0.3, -0.25) is 14.2 Å². The van der Waals surface area contributed by atoms with Gasteiger partial charge in [0.05, 0.1) is 18.3 Å². The first-order valence-electron chi connectivity index (χ1n) is 10.0. The smallest absolute Gasteiger partial charge is 0.341 e. The van der Waals surface area contributed by atoms with Crippen molar-refractivity contribution >= 4 is 49.8 Å².